The summed E-state index contributed by atoms with van der Waals surface area (Å²) in [5.41, 5.74) is 1.21. The summed E-state index contributed by atoms with van der Waals surface area (Å²) in [4.78, 5) is 24.8. The minimum absolute atomic E-state index is 0.00887. The quantitative estimate of drug-likeness (QED) is 0.609. The summed E-state index contributed by atoms with van der Waals surface area (Å²) in [5.74, 6) is 1.29. The molecule has 0 saturated carbocycles. The SMILES string of the molecule is C=CCCC(O)CN(CCC(C)C)Cc1nc2sc3c(c2c(=O)[nH]1)CCC3. The zero-order valence-corrected chi connectivity index (χ0v) is 17.3. The molecule has 1 aliphatic rings. The van der Waals surface area contributed by atoms with Gasteiger partial charge in [-0.25, -0.2) is 4.98 Å². The third kappa shape index (κ3) is 5.06. The molecule has 1 aliphatic carbocycles. The first-order valence-corrected chi connectivity index (χ1v) is 10.8. The molecule has 2 aromatic rings. The molecule has 6 heteroatoms. The van der Waals surface area contributed by atoms with E-state index in [0.717, 1.165) is 48.9 Å². The van der Waals surface area contributed by atoms with Crippen LogP contribution in [0.15, 0.2) is 17.4 Å². The molecule has 1 atom stereocenters. The van der Waals surface area contributed by atoms with Crippen LogP contribution >= 0.6 is 11.3 Å². The molecule has 0 saturated heterocycles. The average molecular weight is 390 g/mol. The van der Waals surface area contributed by atoms with E-state index in [1.807, 2.05) is 6.08 Å². The monoisotopic (exact) mass is 389 g/mol. The molecule has 2 N–H and O–H groups in total. The van der Waals surface area contributed by atoms with Gasteiger partial charge in [0.1, 0.15) is 10.7 Å². The van der Waals surface area contributed by atoms with Crippen LogP contribution in [-0.4, -0.2) is 39.2 Å². The third-order valence-corrected chi connectivity index (χ3v) is 6.38. The molecule has 0 spiro atoms. The molecular weight excluding hydrogens is 358 g/mol. The summed E-state index contributed by atoms with van der Waals surface area (Å²) in [6.45, 7) is 10.2. The molecule has 1 unspecified atom stereocenters. The first kappa shape index (κ1) is 20.2. The highest BCUT2D eigenvalue weighted by Crippen LogP contribution is 2.34. The topological polar surface area (TPSA) is 69.2 Å². The molecule has 2 heterocycles. The number of hydrogen-bond acceptors (Lipinski definition) is 5. The van der Waals surface area contributed by atoms with Crippen molar-refractivity contribution in [2.45, 2.75) is 65.0 Å². The van der Waals surface area contributed by atoms with Crippen molar-refractivity contribution < 1.29 is 5.11 Å². The second kappa shape index (κ2) is 9.13. The summed E-state index contributed by atoms with van der Waals surface area (Å²) >= 11 is 1.67. The van der Waals surface area contributed by atoms with E-state index in [-0.39, 0.29) is 5.56 Å². The van der Waals surface area contributed by atoms with Gasteiger partial charge in [-0.15, -0.1) is 17.9 Å². The number of fused-ring (bicyclic) bond motifs is 3. The van der Waals surface area contributed by atoms with Gasteiger partial charge in [-0.1, -0.05) is 19.9 Å². The van der Waals surface area contributed by atoms with Gasteiger partial charge in [0.2, 0.25) is 0 Å². The minimum atomic E-state index is -0.392. The maximum absolute atomic E-state index is 12.7. The Morgan fingerprint density at radius 2 is 2.19 bits per heavy atom. The minimum Gasteiger partial charge on any atom is -0.392 e. The van der Waals surface area contributed by atoms with E-state index >= 15 is 0 Å². The van der Waals surface area contributed by atoms with E-state index in [1.54, 1.807) is 11.3 Å². The lowest BCUT2D eigenvalue weighted by Gasteiger charge is -2.25. The summed E-state index contributed by atoms with van der Waals surface area (Å²) in [6.07, 6.45) is 7.22. The molecule has 0 radical (unpaired) electrons. The zero-order chi connectivity index (χ0) is 19.4. The molecule has 0 aromatic carbocycles. The van der Waals surface area contributed by atoms with Crippen LogP contribution in [0.2, 0.25) is 0 Å². The second-order valence-electron chi connectivity index (χ2n) is 7.99. The fraction of sp³-hybridized carbons (Fsp3) is 0.619. The van der Waals surface area contributed by atoms with Gasteiger partial charge in [0, 0.05) is 11.4 Å². The summed E-state index contributed by atoms with van der Waals surface area (Å²) in [6, 6.07) is 0. The molecule has 0 fully saturated rings. The number of hydrogen-bond donors (Lipinski definition) is 2. The van der Waals surface area contributed by atoms with Crippen LogP contribution in [0.4, 0.5) is 0 Å². The van der Waals surface area contributed by atoms with E-state index < -0.39 is 6.10 Å². The number of thiophene rings is 1. The van der Waals surface area contributed by atoms with Crippen LogP contribution in [0.5, 0.6) is 0 Å². The van der Waals surface area contributed by atoms with Gasteiger partial charge in [-0.3, -0.25) is 9.69 Å². The van der Waals surface area contributed by atoms with E-state index in [0.29, 0.717) is 31.3 Å². The van der Waals surface area contributed by atoms with E-state index in [2.05, 4.69) is 30.3 Å². The van der Waals surface area contributed by atoms with Gasteiger partial charge in [0.05, 0.1) is 18.0 Å². The van der Waals surface area contributed by atoms with Gasteiger partial charge in [0.25, 0.3) is 5.56 Å². The van der Waals surface area contributed by atoms with Crippen molar-refractivity contribution in [3.05, 3.63) is 39.3 Å². The Labute approximate surface area is 165 Å². The van der Waals surface area contributed by atoms with Crippen molar-refractivity contribution >= 4 is 21.6 Å². The fourth-order valence-corrected chi connectivity index (χ4v) is 4.99. The molecule has 0 aliphatic heterocycles. The molecule has 2 aromatic heterocycles. The number of nitrogens with zero attached hydrogens (tertiary/aromatic N) is 2. The number of aromatic amines is 1. The van der Waals surface area contributed by atoms with Gasteiger partial charge in [0.15, 0.2) is 0 Å². The van der Waals surface area contributed by atoms with Crippen LogP contribution in [0, 0.1) is 5.92 Å². The van der Waals surface area contributed by atoms with Crippen LogP contribution in [-0.2, 0) is 19.4 Å². The smallest absolute Gasteiger partial charge is 0.259 e. The number of aliphatic hydroxyl groups excluding tert-OH is 1. The number of allylic oxidation sites excluding steroid dienone is 1. The highest BCUT2D eigenvalue weighted by atomic mass is 32.1. The van der Waals surface area contributed by atoms with Crippen LogP contribution in [0.1, 0.15) is 55.8 Å². The van der Waals surface area contributed by atoms with Crippen LogP contribution in [0.3, 0.4) is 0 Å². The Morgan fingerprint density at radius 1 is 1.37 bits per heavy atom. The van der Waals surface area contributed by atoms with Crippen LogP contribution < -0.4 is 5.56 Å². The maximum Gasteiger partial charge on any atom is 0.259 e. The summed E-state index contributed by atoms with van der Waals surface area (Å²) in [7, 11) is 0. The van der Waals surface area contributed by atoms with Crippen molar-refractivity contribution in [2.24, 2.45) is 5.92 Å². The number of aromatic nitrogens is 2. The molecule has 27 heavy (non-hydrogen) atoms. The number of aryl methyl sites for hydroxylation is 2. The summed E-state index contributed by atoms with van der Waals surface area (Å²) < 4.78 is 0. The molecular formula is C21H31N3O2S. The Balaban J connectivity index is 1.77. The maximum atomic E-state index is 12.7. The lowest BCUT2D eigenvalue weighted by atomic mass is 10.1. The Morgan fingerprint density at radius 3 is 2.93 bits per heavy atom. The first-order valence-electron chi connectivity index (χ1n) is 10.0. The van der Waals surface area contributed by atoms with Crippen molar-refractivity contribution in [2.75, 3.05) is 13.1 Å². The first-order chi connectivity index (χ1) is 13.0. The standard InChI is InChI=1S/C21H31N3O2S/c1-4-5-7-15(25)12-24(11-10-14(2)3)13-18-22-20(26)19-16-8-6-9-17(16)27-21(19)23-18/h4,14-15,25H,1,5-13H2,2-3H3,(H,22,23,26). The highest BCUT2D eigenvalue weighted by Gasteiger charge is 2.22. The molecule has 5 nitrogen and oxygen atoms in total. The number of aliphatic hydroxyl groups is 1. The fourth-order valence-electron chi connectivity index (χ4n) is 3.71. The van der Waals surface area contributed by atoms with Crippen molar-refractivity contribution in [1.82, 2.24) is 14.9 Å². The molecule has 148 valence electrons. The van der Waals surface area contributed by atoms with Crippen molar-refractivity contribution in [3.8, 4) is 0 Å². The lowest BCUT2D eigenvalue weighted by molar-refractivity contribution is 0.0981. The Bertz CT molecular complexity index is 840. The average Bonchev–Trinajstić information content (AvgIpc) is 3.18. The van der Waals surface area contributed by atoms with E-state index in [9.17, 15) is 9.90 Å². The zero-order valence-electron chi connectivity index (χ0n) is 16.5. The Kier molecular flexibility index (Phi) is 6.84. The number of nitrogens with one attached hydrogen (secondary N) is 1. The van der Waals surface area contributed by atoms with Crippen molar-refractivity contribution in [1.29, 1.82) is 0 Å². The van der Waals surface area contributed by atoms with Gasteiger partial charge < -0.3 is 10.1 Å². The molecule has 0 bridgehead atoms. The summed E-state index contributed by atoms with van der Waals surface area (Å²) in [5, 5.41) is 11.1. The van der Waals surface area contributed by atoms with Crippen LogP contribution in [0.25, 0.3) is 10.2 Å². The predicted octanol–water partition coefficient (Wildman–Crippen LogP) is 3.65. The third-order valence-electron chi connectivity index (χ3n) is 5.19. The lowest BCUT2D eigenvalue weighted by Crippen LogP contribution is -2.34. The second-order valence-corrected chi connectivity index (χ2v) is 9.07. The van der Waals surface area contributed by atoms with Crippen molar-refractivity contribution in [3.63, 3.8) is 0 Å². The van der Waals surface area contributed by atoms with E-state index in [1.165, 1.54) is 10.4 Å². The van der Waals surface area contributed by atoms with Gasteiger partial charge in [-0.05, 0) is 56.6 Å². The highest BCUT2D eigenvalue weighted by molar-refractivity contribution is 7.18. The van der Waals surface area contributed by atoms with Gasteiger partial charge >= 0.3 is 0 Å². The van der Waals surface area contributed by atoms with E-state index in [4.69, 9.17) is 4.98 Å². The molecule has 0 amide bonds. The molecule has 3 rings (SSSR count). The predicted molar refractivity (Wildman–Crippen MR) is 112 cm³/mol. The number of rotatable bonds is 10. The normalized spacial score (nSPS) is 15.0. The van der Waals surface area contributed by atoms with Gasteiger partial charge in [-0.2, -0.15) is 0 Å². The largest absolute Gasteiger partial charge is 0.392 e. The Hall–Kier alpha value is -1.50. The number of H-pyrrole nitrogens is 1.